The Morgan fingerprint density at radius 2 is 1.27 bits per heavy atom. The number of carboxylic acid groups (broad SMARTS) is 1. The summed E-state index contributed by atoms with van der Waals surface area (Å²) in [5.41, 5.74) is -0.372. The van der Waals surface area contributed by atoms with Crippen molar-refractivity contribution in [2.45, 2.75) is 0 Å². The number of nitro benzene ring substituents is 2. The molecule has 22 heavy (non-hydrogen) atoms. The van der Waals surface area contributed by atoms with Crippen molar-refractivity contribution in [2.24, 2.45) is 0 Å². The molecule has 0 bridgehead atoms. The van der Waals surface area contributed by atoms with E-state index in [9.17, 15) is 25.0 Å². The molecule has 0 saturated heterocycles. The minimum atomic E-state index is -1.11. The van der Waals surface area contributed by atoms with Crippen LogP contribution in [0.2, 0.25) is 0 Å². The van der Waals surface area contributed by atoms with Gasteiger partial charge in [-0.2, -0.15) is 0 Å². The number of nitro groups is 2. The predicted octanol–water partition coefficient (Wildman–Crippen LogP) is 2.59. The van der Waals surface area contributed by atoms with E-state index in [4.69, 9.17) is 10.2 Å². The molecule has 0 aliphatic carbocycles. The maximum Gasteiger partial charge on any atom is 0.339 e. The first kappa shape index (κ1) is 16.6. The molecule has 0 atom stereocenters. The molecular formula is C13H10N2O7. The number of hydrogen-bond donors (Lipinski definition) is 2. The number of aromatic carboxylic acids is 1. The first-order valence-corrected chi connectivity index (χ1v) is 5.73. The highest BCUT2D eigenvalue weighted by Gasteiger charge is 2.09. The highest BCUT2D eigenvalue weighted by Crippen LogP contribution is 2.16. The van der Waals surface area contributed by atoms with Crippen LogP contribution in [0.1, 0.15) is 10.4 Å². The molecule has 0 saturated carbocycles. The first-order valence-electron chi connectivity index (χ1n) is 5.73. The summed E-state index contributed by atoms with van der Waals surface area (Å²) in [6.07, 6.45) is 0. The standard InChI is InChI=1S/C7H6O3.C6H4N2O4/c8-6-4-2-1-3-5(6)7(9)10;9-7(10)5-1-2-6(4-3-5)8(11)12/h1-4,8H,(H,9,10);1-4H. The van der Waals surface area contributed by atoms with Crippen LogP contribution in [-0.4, -0.2) is 26.0 Å². The van der Waals surface area contributed by atoms with Gasteiger partial charge in [-0.1, -0.05) is 12.1 Å². The van der Waals surface area contributed by atoms with E-state index in [2.05, 4.69) is 0 Å². The molecule has 0 aliphatic rings. The molecule has 9 nitrogen and oxygen atoms in total. The lowest BCUT2D eigenvalue weighted by atomic mass is 10.2. The van der Waals surface area contributed by atoms with E-state index in [1.807, 2.05) is 0 Å². The van der Waals surface area contributed by atoms with E-state index in [0.29, 0.717) is 0 Å². The minimum absolute atomic E-state index is 0.0671. The van der Waals surface area contributed by atoms with Crippen LogP contribution in [0.3, 0.4) is 0 Å². The highest BCUT2D eigenvalue weighted by atomic mass is 16.6. The Labute approximate surface area is 123 Å². The third kappa shape index (κ3) is 4.56. The van der Waals surface area contributed by atoms with Crippen molar-refractivity contribution in [1.82, 2.24) is 0 Å². The second kappa shape index (κ2) is 7.33. The summed E-state index contributed by atoms with van der Waals surface area (Å²) in [6, 6.07) is 10.2. The normalized spacial score (nSPS) is 9.27. The van der Waals surface area contributed by atoms with E-state index < -0.39 is 15.8 Å². The third-order valence-electron chi connectivity index (χ3n) is 2.41. The van der Waals surface area contributed by atoms with Crippen molar-refractivity contribution in [3.63, 3.8) is 0 Å². The minimum Gasteiger partial charge on any atom is -0.507 e. The molecule has 0 amide bonds. The van der Waals surface area contributed by atoms with Gasteiger partial charge in [-0.3, -0.25) is 20.2 Å². The summed E-state index contributed by atoms with van der Waals surface area (Å²) in [4.78, 5) is 29.3. The fraction of sp³-hybridized carbons (Fsp3) is 0. The molecular weight excluding hydrogens is 296 g/mol. The smallest absolute Gasteiger partial charge is 0.339 e. The van der Waals surface area contributed by atoms with Crippen molar-refractivity contribution in [2.75, 3.05) is 0 Å². The number of para-hydroxylation sites is 1. The van der Waals surface area contributed by atoms with Crippen LogP contribution >= 0.6 is 0 Å². The van der Waals surface area contributed by atoms with Crippen LogP contribution < -0.4 is 0 Å². The van der Waals surface area contributed by atoms with Crippen LogP contribution in [0.5, 0.6) is 5.75 Å². The fourth-order valence-corrected chi connectivity index (χ4v) is 1.35. The number of nitrogens with zero attached hydrogens (tertiary/aromatic N) is 2. The number of aromatic hydroxyl groups is 1. The number of hydrogen-bond acceptors (Lipinski definition) is 6. The Morgan fingerprint density at radius 3 is 1.55 bits per heavy atom. The van der Waals surface area contributed by atoms with Gasteiger partial charge in [0.05, 0.1) is 9.85 Å². The average molecular weight is 306 g/mol. The lowest BCUT2D eigenvalue weighted by molar-refractivity contribution is -0.389. The van der Waals surface area contributed by atoms with Gasteiger partial charge in [-0.15, -0.1) is 0 Å². The molecule has 0 aromatic heterocycles. The third-order valence-corrected chi connectivity index (χ3v) is 2.41. The second-order valence-electron chi connectivity index (χ2n) is 3.85. The second-order valence-corrected chi connectivity index (χ2v) is 3.85. The molecule has 0 aliphatic heterocycles. The van der Waals surface area contributed by atoms with Gasteiger partial charge in [0.25, 0.3) is 11.4 Å². The van der Waals surface area contributed by atoms with Gasteiger partial charge in [0.15, 0.2) is 0 Å². The van der Waals surface area contributed by atoms with Gasteiger partial charge in [0.2, 0.25) is 0 Å². The zero-order chi connectivity index (χ0) is 16.7. The lowest BCUT2D eigenvalue weighted by Gasteiger charge is -1.95. The Bertz CT molecular complexity index is 665. The van der Waals surface area contributed by atoms with Crippen molar-refractivity contribution in [1.29, 1.82) is 0 Å². The molecule has 0 fully saturated rings. The first-order chi connectivity index (χ1) is 10.3. The fourth-order valence-electron chi connectivity index (χ4n) is 1.35. The summed E-state index contributed by atoms with van der Waals surface area (Å²) in [5, 5.41) is 37.5. The Morgan fingerprint density at radius 1 is 0.864 bits per heavy atom. The van der Waals surface area contributed by atoms with Gasteiger partial charge in [-0.05, 0) is 12.1 Å². The summed E-state index contributed by atoms with van der Waals surface area (Å²) in [7, 11) is 0. The van der Waals surface area contributed by atoms with Gasteiger partial charge in [-0.25, -0.2) is 4.79 Å². The van der Waals surface area contributed by atoms with Gasteiger partial charge in [0, 0.05) is 24.3 Å². The van der Waals surface area contributed by atoms with Crippen molar-refractivity contribution >= 4 is 17.3 Å². The molecule has 0 spiro atoms. The maximum atomic E-state index is 10.3. The van der Waals surface area contributed by atoms with Crippen molar-refractivity contribution < 1.29 is 24.9 Å². The van der Waals surface area contributed by atoms with E-state index in [1.54, 1.807) is 12.1 Å². The van der Waals surface area contributed by atoms with Crippen LogP contribution in [0.4, 0.5) is 11.4 Å². The molecule has 114 valence electrons. The lowest BCUT2D eigenvalue weighted by Crippen LogP contribution is -1.95. The molecule has 2 aromatic rings. The van der Waals surface area contributed by atoms with E-state index in [0.717, 1.165) is 24.3 Å². The van der Waals surface area contributed by atoms with E-state index >= 15 is 0 Å². The molecule has 0 heterocycles. The highest BCUT2D eigenvalue weighted by molar-refractivity contribution is 5.90. The Kier molecular flexibility index (Phi) is 5.52. The van der Waals surface area contributed by atoms with E-state index in [1.165, 1.54) is 12.1 Å². The summed E-state index contributed by atoms with van der Waals surface area (Å²) in [6.45, 7) is 0. The maximum absolute atomic E-state index is 10.3. The molecule has 0 radical (unpaired) electrons. The van der Waals surface area contributed by atoms with Crippen LogP contribution in [0, 0.1) is 20.2 Å². The summed E-state index contributed by atoms with van der Waals surface area (Å²) in [5.74, 6) is -1.31. The predicted molar refractivity (Wildman–Crippen MR) is 74.8 cm³/mol. The topological polar surface area (TPSA) is 144 Å². The molecule has 2 N–H and O–H groups in total. The zero-order valence-corrected chi connectivity index (χ0v) is 10.9. The van der Waals surface area contributed by atoms with Gasteiger partial charge >= 0.3 is 5.97 Å². The van der Waals surface area contributed by atoms with Gasteiger partial charge < -0.3 is 10.2 Å². The largest absolute Gasteiger partial charge is 0.507 e. The summed E-state index contributed by atoms with van der Waals surface area (Å²) < 4.78 is 0. The van der Waals surface area contributed by atoms with Crippen LogP contribution in [0.25, 0.3) is 0 Å². The number of carbonyl (C=O) groups is 1. The SMILES string of the molecule is O=C(O)c1ccccc1O.O=[N+]([O-])c1ccc([N+](=O)[O-])cc1. The number of rotatable bonds is 3. The monoisotopic (exact) mass is 306 g/mol. The number of non-ortho nitro benzene ring substituents is 2. The Hall–Kier alpha value is -3.49. The van der Waals surface area contributed by atoms with Crippen molar-refractivity contribution in [3.05, 3.63) is 74.3 Å². The Balaban J connectivity index is 0.000000224. The van der Waals surface area contributed by atoms with Gasteiger partial charge in [0.1, 0.15) is 11.3 Å². The van der Waals surface area contributed by atoms with Crippen LogP contribution in [-0.2, 0) is 0 Å². The molecule has 2 aromatic carbocycles. The zero-order valence-electron chi connectivity index (χ0n) is 10.9. The number of carboxylic acids is 1. The molecule has 2 rings (SSSR count). The van der Waals surface area contributed by atoms with E-state index in [-0.39, 0.29) is 22.7 Å². The molecule has 9 heteroatoms. The van der Waals surface area contributed by atoms with Crippen molar-refractivity contribution in [3.8, 4) is 5.75 Å². The quantitative estimate of drug-likeness (QED) is 0.654. The van der Waals surface area contributed by atoms with Crippen LogP contribution in [0.15, 0.2) is 48.5 Å². The average Bonchev–Trinajstić information content (AvgIpc) is 2.48. The molecule has 0 unspecified atom stereocenters. The number of phenols is 1. The number of benzene rings is 2. The summed E-state index contributed by atoms with van der Waals surface area (Å²) >= 11 is 0.